The zero-order valence-electron chi connectivity index (χ0n) is 15.7. The van der Waals surface area contributed by atoms with Crippen LogP contribution in [0.25, 0.3) is 10.9 Å². The molecule has 0 spiro atoms. The summed E-state index contributed by atoms with van der Waals surface area (Å²) in [5.74, 6) is -1.51. The summed E-state index contributed by atoms with van der Waals surface area (Å²) >= 11 is 0. The van der Waals surface area contributed by atoms with Gasteiger partial charge in [0.25, 0.3) is 5.91 Å². The van der Waals surface area contributed by atoms with Gasteiger partial charge < -0.3 is 10.4 Å². The molecule has 0 fully saturated rings. The lowest BCUT2D eigenvalue weighted by molar-refractivity contribution is -0.146. The second-order valence-corrected chi connectivity index (χ2v) is 7.43. The topological polar surface area (TPSA) is 79.3 Å². The third-order valence-electron chi connectivity index (χ3n) is 4.61. The maximum Gasteiger partial charge on any atom is 0.309 e. The van der Waals surface area contributed by atoms with E-state index in [1.165, 1.54) is 18.3 Å². The number of nitrogens with zero attached hydrogens (tertiary/aromatic N) is 1. The lowest BCUT2D eigenvalue weighted by Crippen LogP contribution is -2.26. The number of aromatic nitrogens is 1. The lowest BCUT2D eigenvalue weighted by atomic mass is 9.86. The summed E-state index contributed by atoms with van der Waals surface area (Å²) in [6.45, 7) is 3.70. The van der Waals surface area contributed by atoms with Crippen LogP contribution in [-0.2, 0) is 17.8 Å². The highest BCUT2D eigenvalue weighted by Crippen LogP contribution is 2.22. The third-order valence-corrected chi connectivity index (χ3v) is 4.61. The van der Waals surface area contributed by atoms with E-state index in [2.05, 4.69) is 10.3 Å². The smallest absolute Gasteiger partial charge is 0.309 e. The van der Waals surface area contributed by atoms with Gasteiger partial charge in [0.15, 0.2) is 0 Å². The molecule has 0 saturated heterocycles. The Morgan fingerprint density at radius 2 is 1.75 bits per heavy atom. The summed E-state index contributed by atoms with van der Waals surface area (Å²) in [6, 6.07) is 13.3. The number of carboxylic acids is 1. The Bertz CT molecular complexity index is 1030. The van der Waals surface area contributed by atoms with Gasteiger partial charge in [-0.05, 0) is 55.7 Å². The lowest BCUT2D eigenvalue weighted by Gasteiger charge is -2.19. The molecule has 0 aliphatic rings. The van der Waals surface area contributed by atoms with Crippen molar-refractivity contribution in [2.45, 2.75) is 26.8 Å². The molecule has 1 amide bonds. The molecule has 0 bridgehead atoms. The zero-order chi connectivity index (χ0) is 20.3. The highest BCUT2D eigenvalue weighted by Gasteiger charge is 2.27. The number of aliphatic carboxylic acids is 1. The van der Waals surface area contributed by atoms with Crippen LogP contribution in [0.4, 0.5) is 4.39 Å². The van der Waals surface area contributed by atoms with E-state index in [-0.39, 0.29) is 11.7 Å². The molecule has 1 aromatic heterocycles. The summed E-state index contributed by atoms with van der Waals surface area (Å²) in [5, 5.41) is 12.6. The van der Waals surface area contributed by atoms with E-state index in [1.54, 1.807) is 26.0 Å². The number of carbonyl (C=O) groups excluding carboxylic acids is 1. The molecule has 6 heteroatoms. The van der Waals surface area contributed by atoms with Crippen LogP contribution < -0.4 is 5.32 Å². The molecule has 0 atom stereocenters. The van der Waals surface area contributed by atoms with E-state index < -0.39 is 11.4 Å². The van der Waals surface area contributed by atoms with Crippen LogP contribution in [0.2, 0.25) is 0 Å². The maximum absolute atomic E-state index is 13.4. The Morgan fingerprint density at radius 3 is 2.43 bits per heavy atom. The van der Waals surface area contributed by atoms with Gasteiger partial charge in [-0.1, -0.05) is 24.3 Å². The molecule has 0 saturated carbocycles. The second kappa shape index (κ2) is 7.76. The Kier molecular flexibility index (Phi) is 5.40. The van der Waals surface area contributed by atoms with Gasteiger partial charge in [-0.3, -0.25) is 14.6 Å². The van der Waals surface area contributed by atoms with Gasteiger partial charge >= 0.3 is 5.97 Å². The van der Waals surface area contributed by atoms with Gasteiger partial charge in [-0.2, -0.15) is 0 Å². The minimum Gasteiger partial charge on any atom is -0.481 e. The van der Waals surface area contributed by atoms with Crippen molar-refractivity contribution < 1.29 is 19.1 Å². The second-order valence-electron chi connectivity index (χ2n) is 7.43. The highest BCUT2D eigenvalue weighted by molar-refractivity contribution is 5.97. The Labute approximate surface area is 162 Å². The summed E-state index contributed by atoms with van der Waals surface area (Å²) in [7, 11) is 0. The number of pyridine rings is 1. The molecule has 0 unspecified atom stereocenters. The largest absolute Gasteiger partial charge is 0.481 e. The van der Waals surface area contributed by atoms with Gasteiger partial charge in [0.05, 0.1) is 16.5 Å². The first-order valence-corrected chi connectivity index (χ1v) is 8.89. The molecule has 28 heavy (non-hydrogen) atoms. The van der Waals surface area contributed by atoms with E-state index in [4.69, 9.17) is 0 Å². The first-order valence-electron chi connectivity index (χ1n) is 8.89. The number of hydrogen-bond donors (Lipinski definition) is 2. The maximum atomic E-state index is 13.4. The number of benzene rings is 2. The fourth-order valence-corrected chi connectivity index (χ4v) is 2.87. The summed E-state index contributed by atoms with van der Waals surface area (Å²) in [4.78, 5) is 27.8. The minimum atomic E-state index is -0.840. The summed E-state index contributed by atoms with van der Waals surface area (Å²) in [5.41, 5.74) is 1.96. The predicted molar refractivity (Wildman–Crippen MR) is 104 cm³/mol. The number of carboxylic acid groups (broad SMARTS) is 1. The number of rotatable bonds is 6. The standard InChI is InChI=1S/C22H21FN2O3/c1-22(2,21(27)28)11-14-3-5-15(6-4-14)12-25-20(26)17-9-16-10-18(23)7-8-19(16)24-13-17/h3-10,13H,11-12H2,1-2H3,(H,25,26)(H,27,28). The molecule has 3 rings (SSSR count). The molecule has 2 aromatic carbocycles. The van der Waals surface area contributed by atoms with Crippen LogP contribution in [0.5, 0.6) is 0 Å². The molecular formula is C22H21FN2O3. The number of carbonyl (C=O) groups is 2. The molecular weight excluding hydrogens is 359 g/mol. The van der Waals surface area contributed by atoms with Crippen molar-refractivity contribution in [3.8, 4) is 0 Å². The van der Waals surface area contributed by atoms with E-state index in [9.17, 15) is 19.1 Å². The van der Waals surface area contributed by atoms with Crippen molar-refractivity contribution >= 4 is 22.8 Å². The van der Waals surface area contributed by atoms with Gasteiger partial charge in [0.1, 0.15) is 5.82 Å². The van der Waals surface area contributed by atoms with Crippen molar-refractivity contribution in [2.75, 3.05) is 0 Å². The Hall–Kier alpha value is -3.28. The monoisotopic (exact) mass is 380 g/mol. The number of nitrogens with one attached hydrogen (secondary N) is 1. The number of halogens is 1. The first kappa shape index (κ1) is 19.5. The van der Waals surface area contributed by atoms with Crippen LogP contribution in [0.1, 0.15) is 35.3 Å². The fraction of sp³-hybridized carbons (Fsp3) is 0.227. The van der Waals surface area contributed by atoms with Crippen LogP contribution in [-0.4, -0.2) is 22.0 Å². The van der Waals surface area contributed by atoms with Crippen LogP contribution in [0.3, 0.4) is 0 Å². The summed E-state index contributed by atoms with van der Waals surface area (Å²) in [6.07, 6.45) is 1.89. The fourth-order valence-electron chi connectivity index (χ4n) is 2.87. The molecule has 5 nitrogen and oxygen atoms in total. The Balaban J connectivity index is 1.64. The summed E-state index contributed by atoms with van der Waals surface area (Å²) < 4.78 is 13.4. The van der Waals surface area contributed by atoms with Crippen LogP contribution in [0, 0.1) is 11.2 Å². The van der Waals surface area contributed by atoms with Crippen molar-refractivity contribution in [1.82, 2.24) is 10.3 Å². The number of fused-ring (bicyclic) bond motifs is 1. The quantitative estimate of drug-likeness (QED) is 0.678. The number of hydrogen-bond acceptors (Lipinski definition) is 3. The molecule has 0 aliphatic heterocycles. The first-order chi connectivity index (χ1) is 13.2. The predicted octanol–water partition coefficient (Wildman–Crippen LogP) is 3.96. The highest BCUT2D eigenvalue weighted by atomic mass is 19.1. The normalized spacial score (nSPS) is 11.4. The van der Waals surface area contributed by atoms with E-state index in [0.29, 0.717) is 29.4 Å². The van der Waals surface area contributed by atoms with E-state index in [0.717, 1.165) is 11.1 Å². The van der Waals surface area contributed by atoms with Crippen molar-refractivity contribution in [1.29, 1.82) is 0 Å². The van der Waals surface area contributed by atoms with Gasteiger partial charge in [-0.15, -0.1) is 0 Å². The van der Waals surface area contributed by atoms with Gasteiger partial charge in [-0.25, -0.2) is 4.39 Å². The van der Waals surface area contributed by atoms with Crippen molar-refractivity contribution in [2.24, 2.45) is 5.41 Å². The van der Waals surface area contributed by atoms with Gasteiger partial charge in [0, 0.05) is 18.1 Å². The molecule has 3 aromatic rings. The average Bonchev–Trinajstić information content (AvgIpc) is 2.66. The third kappa shape index (κ3) is 4.52. The molecule has 0 aliphatic carbocycles. The molecule has 2 N–H and O–H groups in total. The van der Waals surface area contributed by atoms with E-state index >= 15 is 0 Å². The van der Waals surface area contributed by atoms with Gasteiger partial charge in [0.2, 0.25) is 0 Å². The SMILES string of the molecule is CC(C)(Cc1ccc(CNC(=O)c2cnc3ccc(F)cc3c2)cc1)C(=O)O. The molecule has 0 radical (unpaired) electrons. The molecule has 1 heterocycles. The number of amides is 1. The zero-order valence-corrected chi connectivity index (χ0v) is 15.7. The minimum absolute atomic E-state index is 0.297. The molecule has 144 valence electrons. The van der Waals surface area contributed by atoms with E-state index in [1.807, 2.05) is 24.3 Å². The van der Waals surface area contributed by atoms with Crippen LogP contribution in [0.15, 0.2) is 54.7 Å². The van der Waals surface area contributed by atoms with Crippen molar-refractivity contribution in [3.63, 3.8) is 0 Å². The van der Waals surface area contributed by atoms with Crippen LogP contribution >= 0.6 is 0 Å². The average molecular weight is 380 g/mol. The Morgan fingerprint density at radius 1 is 1.07 bits per heavy atom. The van der Waals surface area contributed by atoms with Crippen molar-refractivity contribution in [3.05, 3.63) is 77.2 Å².